The molecule has 21 heavy (non-hydrogen) atoms. The summed E-state index contributed by atoms with van der Waals surface area (Å²) in [7, 11) is -3.47. The molecule has 2 atom stereocenters. The van der Waals surface area contributed by atoms with Gasteiger partial charge in [0.25, 0.3) is 0 Å². The van der Waals surface area contributed by atoms with Crippen LogP contribution in [-0.4, -0.2) is 27.6 Å². The van der Waals surface area contributed by atoms with Gasteiger partial charge in [0.15, 0.2) is 0 Å². The first-order valence-corrected chi connectivity index (χ1v) is 8.56. The molecule has 0 aromatic heterocycles. The van der Waals surface area contributed by atoms with Gasteiger partial charge >= 0.3 is 0 Å². The molecule has 0 saturated heterocycles. The van der Waals surface area contributed by atoms with Crippen LogP contribution >= 0.6 is 12.4 Å². The molecule has 1 aliphatic heterocycles. The Balaban J connectivity index is 0.00000161. The van der Waals surface area contributed by atoms with E-state index in [9.17, 15) is 8.42 Å². The van der Waals surface area contributed by atoms with E-state index in [2.05, 4.69) is 4.72 Å². The predicted octanol–water partition coefficient (Wildman–Crippen LogP) is 1.45. The van der Waals surface area contributed by atoms with Crippen LogP contribution in [0.5, 0.6) is 5.75 Å². The van der Waals surface area contributed by atoms with Gasteiger partial charge in [-0.2, -0.15) is 0 Å². The fraction of sp³-hybridized carbons (Fsp3) is 0.571. The normalized spacial score (nSPS) is 24.2. The first-order chi connectivity index (χ1) is 9.60. The Morgan fingerprint density at radius 1 is 1.33 bits per heavy atom. The Morgan fingerprint density at radius 3 is 2.90 bits per heavy atom. The lowest BCUT2D eigenvalue weighted by atomic mass is 10.1. The zero-order valence-electron chi connectivity index (χ0n) is 11.7. The van der Waals surface area contributed by atoms with E-state index in [4.69, 9.17) is 10.5 Å². The van der Waals surface area contributed by atoms with Crippen LogP contribution in [0.4, 0.5) is 0 Å². The first-order valence-electron chi connectivity index (χ1n) is 7.08. The maximum absolute atomic E-state index is 12.5. The van der Waals surface area contributed by atoms with E-state index in [1.165, 1.54) is 0 Å². The summed E-state index contributed by atoms with van der Waals surface area (Å²) in [4.78, 5) is 0.324. The van der Waals surface area contributed by atoms with Crippen molar-refractivity contribution < 1.29 is 13.2 Å². The molecule has 0 amide bonds. The summed E-state index contributed by atoms with van der Waals surface area (Å²) >= 11 is 0. The van der Waals surface area contributed by atoms with Gasteiger partial charge in [-0.05, 0) is 49.1 Å². The van der Waals surface area contributed by atoms with Crippen molar-refractivity contribution in [3.05, 3.63) is 23.8 Å². The molecule has 1 heterocycles. The zero-order chi connectivity index (χ0) is 14.2. The molecule has 1 saturated carbocycles. The molecule has 118 valence electrons. The average Bonchev–Trinajstić information content (AvgIpc) is 3.05. The zero-order valence-corrected chi connectivity index (χ0v) is 13.4. The summed E-state index contributed by atoms with van der Waals surface area (Å²) in [6, 6.07) is 5.04. The van der Waals surface area contributed by atoms with E-state index in [1.54, 1.807) is 18.2 Å². The number of benzene rings is 1. The monoisotopic (exact) mass is 332 g/mol. The van der Waals surface area contributed by atoms with Crippen molar-refractivity contribution in [2.75, 3.05) is 13.2 Å². The Morgan fingerprint density at radius 2 is 2.14 bits per heavy atom. The van der Waals surface area contributed by atoms with Crippen molar-refractivity contribution in [1.82, 2.24) is 4.72 Å². The van der Waals surface area contributed by atoms with Crippen LogP contribution in [0.3, 0.4) is 0 Å². The summed E-state index contributed by atoms with van der Waals surface area (Å²) in [6.45, 7) is 1.16. The number of nitrogens with two attached hydrogens (primary N) is 1. The van der Waals surface area contributed by atoms with E-state index in [0.29, 0.717) is 18.0 Å². The summed E-state index contributed by atoms with van der Waals surface area (Å²) in [5.41, 5.74) is 6.67. The fourth-order valence-electron chi connectivity index (χ4n) is 3.07. The van der Waals surface area contributed by atoms with E-state index < -0.39 is 10.0 Å². The largest absolute Gasteiger partial charge is 0.493 e. The molecule has 7 heteroatoms. The quantitative estimate of drug-likeness (QED) is 0.874. The first kappa shape index (κ1) is 16.5. The highest BCUT2D eigenvalue weighted by atomic mass is 35.5. The topological polar surface area (TPSA) is 81.4 Å². The molecular formula is C14H21ClN2O3S. The third-order valence-electron chi connectivity index (χ3n) is 4.24. The number of hydrogen-bond donors (Lipinski definition) is 2. The predicted molar refractivity (Wildman–Crippen MR) is 83.4 cm³/mol. The molecule has 1 aliphatic carbocycles. The smallest absolute Gasteiger partial charge is 0.240 e. The number of ether oxygens (including phenoxy) is 1. The average molecular weight is 333 g/mol. The van der Waals surface area contributed by atoms with Gasteiger partial charge in [0, 0.05) is 12.5 Å². The summed E-state index contributed by atoms with van der Waals surface area (Å²) in [6.07, 6.45) is 3.68. The number of halogens is 1. The lowest BCUT2D eigenvalue weighted by Crippen LogP contribution is -2.39. The van der Waals surface area contributed by atoms with E-state index >= 15 is 0 Å². The molecule has 0 bridgehead atoms. The maximum atomic E-state index is 12.5. The van der Waals surface area contributed by atoms with Gasteiger partial charge in [-0.15, -0.1) is 12.4 Å². The van der Waals surface area contributed by atoms with E-state index in [-0.39, 0.29) is 24.4 Å². The van der Waals surface area contributed by atoms with Crippen molar-refractivity contribution in [2.45, 2.75) is 36.6 Å². The lowest BCUT2D eigenvalue weighted by molar-refractivity contribution is 0.356. The molecule has 3 rings (SSSR count). The fourth-order valence-corrected chi connectivity index (χ4v) is 4.46. The Bertz CT molecular complexity index is 606. The highest BCUT2D eigenvalue weighted by Crippen LogP contribution is 2.29. The summed E-state index contributed by atoms with van der Waals surface area (Å²) < 4.78 is 33.1. The number of hydrogen-bond acceptors (Lipinski definition) is 4. The highest BCUT2D eigenvalue weighted by molar-refractivity contribution is 7.89. The lowest BCUT2D eigenvalue weighted by Gasteiger charge is -2.19. The van der Waals surface area contributed by atoms with Gasteiger partial charge in [-0.3, -0.25) is 0 Å². The Hall–Kier alpha value is -0.820. The van der Waals surface area contributed by atoms with Gasteiger partial charge in [-0.1, -0.05) is 6.42 Å². The highest BCUT2D eigenvalue weighted by Gasteiger charge is 2.30. The standard InChI is InChI=1S/C14H20N2O3S.ClH/c15-9-11-2-1-3-13(11)16-20(17,18)12-4-5-14-10(8-12)6-7-19-14;/h4-5,8,11,13,16H,1-3,6-7,9,15H2;1H. The van der Waals surface area contributed by atoms with Crippen LogP contribution in [0.1, 0.15) is 24.8 Å². The van der Waals surface area contributed by atoms with Crippen LogP contribution in [0, 0.1) is 5.92 Å². The van der Waals surface area contributed by atoms with Crippen LogP contribution in [0.25, 0.3) is 0 Å². The SMILES string of the molecule is Cl.NCC1CCCC1NS(=O)(=O)c1ccc2c(c1)CCO2. The van der Waals surface area contributed by atoms with Gasteiger partial charge < -0.3 is 10.5 Å². The second-order valence-corrected chi connectivity index (χ2v) is 7.24. The molecule has 3 N–H and O–H groups in total. The number of nitrogens with one attached hydrogen (secondary N) is 1. The second kappa shape index (κ2) is 6.52. The molecule has 0 radical (unpaired) electrons. The van der Waals surface area contributed by atoms with Crippen molar-refractivity contribution in [1.29, 1.82) is 0 Å². The molecule has 2 aliphatic rings. The molecule has 1 fully saturated rings. The van der Waals surface area contributed by atoms with Gasteiger partial charge in [0.05, 0.1) is 11.5 Å². The Kier molecular flexibility index (Phi) is 5.14. The van der Waals surface area contributed by atoms with Gasteiger partial charge in [0.1, 0.15) is 5.75 Å². The Labute approximate surface area is 131 Å². The minimum absolute atomic E-state index is 0. The third kappa shape index (κ3) is 3.34. The van der Waals surface area contributed by atoms with Crippen LogP contribution in [0.15, 0.2) is 23.1 Å². The van der Waals surface area contributed by atoms with Crippen LogP contribution in [-0.2, 0) is 16.4 Å². The van der Waals surface area contributed by atoms with Crippen molar-refractivity contribution in [3.8, 4) is 5.75 Å². The van der Waals surface area contributed by atoms with Crippen molar-refractivity contribution >= 4 is 22.4 Å². The van der Waals surface area contributed by atoms with E-state index in [0.717, 1.165) is 37.0 Å². The molecular weight excluding hydrogens is 312 g/mol. The van der Waals surface area contributed by atoms with E-state index in [1.807, 2.05) is 0 Å². The maximum Gasteiger partial charge on any atom is 0.240 e. The third-order valence-corrected chi connectivity index (χ3v) is 5.73. The number of rotatable bonds is 4. The van der Waals surface area contributed by atoms with Gasteiger partial charge in [0.2, 0.25) is 10.0 Å². The summed E-state index contributed by atoms with van der Waals surface area (Å²) in [5.74, 6) is 1.05. The van der Waals surface area contributed by atoms with Gasteiger partial charge in [-0.25, -0.2) is 13.1 Å². The summed E-state index contributed by atoms with van der Waals surface area (Å²) in [5, 5.41) is 0. The molecule has 1 aromatic rings. The van der Waals surface area contributed by atoms with Crippen LogP contribution < -0.4 is 15.2 Å². The minimum Gasteiger partial charge on any atom is -0.493 e. The molecule has 5 nitrogen and oxygen atoms in total. The van der Waals surface area contributed by atoms with Crippen LogP contribution in [0.2, 0.25) is 0 Å². The number of sulfonamides is 1. The molecule has 2 unspecified atom stereocenters. The minimum atomic E-state index is -3.47. The molecule has 0 spiro atoms. The molecule has 1 aromatic carbocycles. The number of fused-ring (bicyclic) bond motifs is 1. The van der Waals surface area contributed by atoms with Crippen molar-refractivity contribution in [3.63, 3.8) is 0 Å². The van der Waals surface area contributed by atoms with Crippen molar-refractivity contribution in [2.24, 2.45) is 11.7 Å². The second-order valence-electron chi connectivity index (χ2n) is 5.52.